The van der Waals surface area contributed by atoms with Gasteiger partial charge in [0, 0.05) is 11.0 Å². The second kappa shape index (κ2) is 5.66. The van der Waals surface area contributed by atoms with Gasteiger partial charge in [-0.15, -0.1) is 0 Å². The molecule has 1 N–H and O–H groups in total. The quantitative estimate of drug-likeness (QED) is 0.926. The molecule has 1 aromatic carbocycles. The topological polar surface area (TPSA) is 52.9 Å². The van der Waals surface area contributed by atoms with Crippen LogP contribution in [-0.2, 0) is 0 Å². The number of hydrogen-bond donors (Lipinski definition) is 1. The summed E-state index contributed by atoms with van der Waals surface area (Å²) in [5, 5.41) is 11.3. The number of rotatable bonds is 3. The van der Waals surface area contributed by atoms with Crippen LogP contribution in [0.2, 0.25) is 0 Å². The van der Waals surface area contributed by atoms with Crippen molar-refractivity contribution in [1.82, 2.24) is 5.32 Å². The number of carbonyl (C=O) groups is 1. The standard InChI is InChI=1S/C12H13BrN2O/c1-8-3-4-10(11(13)5-8)12(16)15-7-9(2)6-14/h3-5,9H,7H2,1-2H3,(H,15,16). The van der Waals surface area contributed by atoms with Crippen molar-refractivity contribution < 1.29 is 4.79 Å². The third kappa shape index (κ3) is 3.35. The van der Waals surface area contributed by atoms with Crippen LogP contribution in [0.15, 0.2) is 22.7 Å². The summed E-state index contributed by atoms with van der Waals surface area (Å²) in [6, 6.07) is 7.61. The number of nitrogens with one attached hydrogen (secondary N) is 1. The summed E-state index contributed by atoms with van der Waals surface area (Å²) in [7, 11) is 0. The summed E-state index contributed by atoms with van der Waals surface area (Å²) >= 11 is 3.35. The molecule has 1 amide bonds. The number of carbonyl (C=O) groups excluding carboxylic acids is 1. The number of nitriles is 1. The van der Waals surface area contributed by atoms with E-state index in [-0.39, 0.29) is 11.8 Å². The molecule has 1 atom stereocenters. The zero-order chi connectivity index (χ0) is 12.1. The molecule has 0 spiro atoms. The maximum Gasteiger partial charge on any atom is 0.252 e. The summed E-state index contributed by atoms with van der Waals surface area (Å²) in [6.07, 6.45) is 0. The van der Waals surface area contributed by atoms with Gasteiger partial charge in [-0.25, -0.2) is 0 Å². The summed E-state index contributed by atoms with van der Waals surface area (Å²) in [6.45, 7) is 4.10. The monoisotopic (exact) mass is 280 g/mol. The van der Waals surface area contributed by atoms with E-state index in [9.17, 15) is 4.79 Å². The van der Waals surface area contributed by atoms with Gasteiger partial charge in [0.05, 0.1) is 17.6 Å². The molecule has 0 heterocycles. The van der Waals surface area contributed by atoms with E-state index in [0.29, 0.717) is 12.1 Å². The second-order valence-corrected chi connectivity index (χ2v) is 4.58. The lowest BCUT2D eigenvalue weighted by Gasteiger charge is -2.08. The molecule has 84 valence electrons. The van der Waals surface area contributed by atoms with Gasteiger partial charge in [-0.3, -0.25) is 4.79 Å². The van der Waals surface area contributed by atoms with E-state index >= 15 is 0 Å². The lowest BCUT2D eigenvalue weighted by atomic mass is 10.1. The Morgan fingerprint density at radius 1 is 1.62 bits per heavy atom. The van der Waals surface area contributed by atoms with Crippen molar-refractivity contribution in [2.24, 2.45) is 5.92 Å². The van der Waals surface area contributed by atoms with Gasteiger partial charge in [-0.2, -0.15) is 5.26 Å². The highest BCUT2D eigenvalue weighted by Gasteiger charge is 2.10. The second-order valence-electron chi connectivity index (χ2n) is 3.72. The van der Waals surface area contributed by atoms with Crippen LogP contribution in [0.1, 0.15) is 22.8 Å². The molecule has 1 rings (SSSR count). The SMILES string of the molecule is Cc1ccc(C(=O)NCC(C)C#N)c(Br)c1. The van der Waals surface area contributed by atoms with Crippen molar-refractivity contribution in [3.8, 4) is 6.07 Å². The Bertz CT molecular complexity index is 437. The molecule has 0 fully saturated rings. The Labute approximate surface area is 104 Å². The van der Waals surface area contributed by atoms with Gasteiger partial charge in [-0.1, -0.05) is 6.07 Å². The van der Waals surface area contributed by atoms with Crippen LogP contribution in [0.25, 0.3) is 0 Å². The fourth-order valence-corrected chi connectivity index (χ4v) is 1.86. The highest BCUT2D eigenvalue weighted by atomic mass is 79.9. The Morgan fingerprint density at radius 2 is 2.31 bits per heavy atom. The van der Waals surface area contributed by atoms with Crippen LogP contribution in [0.5, 0.6) is 0 Å². The van der Waals surface area contributed by atoms with Gasteiger partial charge in [0.1, 0.15) is 0 Å². The van der Waals surface area contributed by atoms with E-state index in [1.807, 2.05) is 19.1 Å². The molecule has 16 heavy (non-hydrogen) atoms. The average molecular weight is 281 g/mol. The molecule has 1 unspecified atom stereocenters. The maximum atomic E-state index is 11.7. The Balaban J connectivity index is 2.71. The molecule has 0 radical (unpaired) electrons. The molecule has 3 nitrogen and oxygen atoms in total. The predicted molar refractivity (Wildman–Crippen MR) is 66.0 cm³/mol. The van der Waals surface area contributed by atoms with E-state index in [0.717, 1.165) is 10.0 Å². The van der Waals surface area contributed by atoms with Crippen LogP contribution >= 0.6 is 15.9 Å². The van der Waals surface area contributed by atoms with Crippen LogP contribution in [0.4, 0.5) is 0 Å². The Morgan fingerprint density at radius 3 is 2.88 bits per heavy atom. The first-order chi connectivity index (χ1) is 7.54. The number of halogens is 1. The number of aryl methyl sites for hydroxylation is 1. The smallest absolute Gasteiger partial charge is 0.252 e. The van der Waals surface area contributed by atoms with Crippen molar-refractivity contribution in [3.05, 3.63) is 33.8 Å². The third-order valence-corrected chi connectivity index (χ3v) is 2.81. The summed E-state index contributed by atoms with van der Waals surface area (Å²) in [4.78, 5) is 11.7. The average Bonchev–Trinajstić information content (AvgIpc) is 2.25. The third-order valence-electron chi connectivity index (χ3n) is 2.16. The molecule has 0 saturated carbocycles. The van der Waals surface area contributed by atoms with Crippen LogP contribution in [0.3, 0.4) is 0 Å². The van der Waals surface area contributed by atoms with Crippen molar-refractivity contribution >= 4 is 21.8 Å². The van der Waals surface area contributed by atoms with Gasteiger partial charge in [0.15, 0.2) is 0 Å². The molecular formula is C12H13BrN2O. The molecule has 0 aromatic heterocycles. The van der Waals surface area contributed by atoms with Gasteiger partial charge in [0.2, 0.25) is 0 Å². The molecule has 0 aliphatic rings. The first-order valence-corrected chi connectivity index (χ1v) is 5.78. The van der Waals surface area contributed by atoms with E-state index in [1.165, 1.54) is 0 Å². The van der Waals surface area contributed by atoms with Gasteiger partial charge >= 0.3 is 0 Å². The molecule has 0 aliphatic heterocycles. The van der Waals surface area contributed by atoms with Crippen molar-refractivity contribution in [3.63, 3.8) is 0 Å². The minimum absolute atomic E-state index is 0.158. The van der Waals surface area contributed by atoms with E-state index < -0.39 is 0 Å². The van der Waals surface area contributed by atoms with Gasteiger partial charge < -0.3 is 5.32 Å². The van der Waals surface area contributed by atoms with Crippen molar-refractivity contribution in [1.29, 1.82) is 5.26 Å². The molecule has 4 heteroatoms. The van der Waals surface area contributed by atoms with Gasteiger partial charge in [0.25, 0.3) is 5.91 Å². The molecule has 0 aliphatic carbocycles. The summed E-state index contributed by atoms with van der Waals surface area (Å²) in [5.41, 5.74) is 1.68. The Kier molecular flexibility index (Phi) is 4.51. The van der Waals surface area contributed by atoms with Crippen LogP contribution in [0, 0.1) is 24.2 Å². The largest absolute Gasteiger partial charge is 0.351 e. The van der Waals surface area contributed by atoms with E-state index in [2.05, 4.69) is 27.3 Å². The van der Waals surface area contributed by atoms with Crippen LogP contribution in [-0.4, -0.2) is 12.5 Å². The Hall–Kier alpha value is -1.34. The van der Waals surface area contributed by atoms with Gasteiger partial charge in [-0.05, 0) is 47.5 Å². The normalized spacial score (nSPS) is 11.6. The number of amides is 1. The molecule has 1 aromatic rings. The summed E-state index contributed by atoms with van der Waals surface area (Å²) < 4.78 is 0.773. The minimum atomic E-state index is -0.173. The number of hydrogen-bond acceptors (Lipinski definition) is 2. The first-order valence-electron chi connectivity index (χ1n) is 4.98. The molecular weight excluding hydrogens is 268 g/mol. The zero-order valence-electron chi connectivity index (χ0n) is 9.25. The fraction of sp³-hybridized carbons (Fsp3) is 0.333. The highest BCUT2D eigenvalue weighted by Crippen LogP contribution is 2.18. The van der Waals surface area contributed by atoms with E-state index in [1.54, 1.807) is 13.0 Å². The predicted octanol–water partition coefficient (Wildman–Crippen LogP) is 2.65. The van der Waals surface area contributed by atoms with Crippen molar-refractivity contribution in [2.45, 2.75) is 13.8 Å². The lowest BCUT2D eigenvalue weighted by Crippen LogP contribution is -2.28. The maximum absolute atomic E-state index is 11.7. The zero-order valence-corrected chi connectivity index (χ0v) is 10.8. The first kappa shape index (κ1) is 12.7. The van der Waals surface area contributed by atoms with Crippen molar-refractivity contribution in [2.75, 3.05) is 6.54 Å². The number of benzene rings is 1. The molecule has 0 saturated heterocycles. The van der Waals surface area contributed by atoms with E-state index in [4.69, 9.17) is 5.26 Å². The number of nitrogens with zero attached hydrogens (tertiary/aromatic N) is 1. The minimum Gasteiger partial charge on any atom is -0.351 e. The molecule has 0 bridgehead atoms. The summed E-state index contributed by atoms with van der Waals surface area (Å²) in [5.74, 6) is -0.331. The lowest BCUT2D eigenvalue weighted by molar-refractivity contribution is 0.0950. The van der Waals surface area contributed by atoms with Crippen LogP contribution < -0.4 is 5.32 Å². The highest BCUT2D eigenvalue weighted by molar-refractivity contribution is 9.10. The fourth-order valence-electron chi connectivity index (χ4n) is 1.19.